The number of rotatable bonds is 3. The predicted molar refractivity (Wildman–Crippen MR) is 57.4 cm³/mol. The van der Waals surface area contributed by atoms with Crippen LogP contribution in [-0.2, 0) is 4.74 Å². The van der Waals surface area contributed by atoms with Gasteiger partial charge in [0.2, 0.25) is 0 Å². The van der Waals surface area contributed by atoms with E-state index in [0.29, 0.717) is 12.7 Å². The zero-order valence-corrected chi connectivity index (χ0v) is 9.85. The van der Waals surface area contributed by atoms with Crippen molar-refractivity contribution < 1.29 is 4.74 Å². The van der Waals surface area contributed by atoms with Crippen molar-refractivity contribution in [3.8, 4) is 0 Å². The van der Waals surface area contributed by atoms with Crippen LogP contribution in [0.4, 0.5) is 0 Å². The standard InChI is InChI=1S/C6H15NO.2C2H6/c1-5(2)8-4-6(3)7;2*1-2/h5-6H,4,7H2,1-3H3;2*1-2H3. The van der Waals surface area contributed by atoms with Gasteiger partial charge >= 0.3 is 0 Å². The Morgan fingerprint density at radius 1 is 1.00 bits per heavy atom. The van der Waals surface area contributed by atoms with Crippen LogP contribution < -0.4 is 5.73 Å². The van der Waals surface area contributed by atoms with Crippen LogP contribution in [-0.4, -0.2) is 18.8 Å². The van der Waals surface area contributed by atoms with Gasteiger partial charge in [0.1, 0.15) is 0 Å². The fourth-order valence-electron chi connectivity index (χ4n) is 0.344. The van der Waals surface area contributed by atoms with Crippen LogP contribution in [0.2, 0.25) is 0 Å². The van der Waals surface area contributed by atoms with E-state index in [1.807, 2.05) is 48.5 Å². The van der Waals surface area contributed by atoms with E-state index in [4.69, 9.17) is 10.5 Å². The Morgan fingerprint density at radius 3 is 1.42 bits per heavy atom. The Bertz CT molecular complexity index is 45.8. The molecule has 1 atom stereocenters. The van der Waals surface area contributed by atoms with Crippen molar-refractivity contribution in [2.24, 2.45) is 5.73 Å². The van der Waals surface area contributed by atoms with Crippen molar-refractivity contribution >= 4 is 0 Å². The molecule has 0 aromatic rings. The van der Waals surface area contributed by atoms with Crippen molar-refractivity contribution in [2.75, 3.05) is 6.61 Å². The molecule has 12 heavy (non-hydrogen) atoms. The normalized spacial score (nSPS) is 10.8. The molecule has 0 aliphatic carbocycles. The SMILES string of the molecule is CC.CC.CC(N)COC(C)C. The number of hydrogen-bond acceptors (Lipinski definition) is 2. The second-order valence-corrected chi connectivity index (χ2v) is 2.36. The highest BCUT2D eigenvalue weighted by atomic mass is 16.5. The molecular weight excluding hydrogens is 150 g/mol. The second-order valence-electron chi connectivity index (χ2n) is 2.36. The van der Waals surface area contributed by atoms with Gasteiger partial charge in [-0.25, -0.2) is 0 Å². The van der Waals surface area contributed by atoms with Crippen molar-refractivity contribution in [1.29, 1.82) is 0 Å². The van der Waals surface area contributed by atoms with Crippen LogP contribution in [0.25, 0.3) is 0 Å². The van der Waals surface area contributed by atoms with E-state index in [1.165, 1.54) is 0 Å². The van der Waals surface area contributed by atoms with Crippen molar-refractivity contribution in [3.05, 3.63) is 0 Å². The first-order chi connectivity index (χ1) is 5.63. The molecule has 2 N–H and O–H groups in total. The Kier molecular flexibility index (Phi) is 25.5. The lowest BCUT2D eigenvalue weighted by atomic mass is 10.4. The summed E-state index contributed by atoms with van der Waals surface area (Å²) in [7, 11) is 0. The molecule has 2 nitrogen and oxygen atoms in total. The third-order valence-electron chi connectivity index (χ3n) is 0.692. The van der Waals surface area contributed by atoms with Gasteiger partial charge in [0, 0.05) is 6.04 Å². The Balaban J connectivity index is -0.000000175. The zero-order chi connectivity index (χ0) is 10.6. The summed E-state index contributed by atoms with van der Waals surface area (Å²) in [6.07, 6.45) is 0.306. The van der Waals surface area contributed by atoms with Crippen molar-refractivity contribution in [1.82, 2.24) is 0 Å². The summed E-state index contributed by atoms with van der Waals surface area (Å²) in [4.78, 5) is 0. The van der Waals surface area contributed by atoms with Crippen LogP contribution in [0.5, 0.6) is 0 Å². The van der Waals surface area contributed by atoms with Crippen LogP contribution in [0.15, 0.2) is 0 Å². The lowest BCUT2D eigenvalue weighted by Gasteiger charge is -2.08. The maximum absolute atomic E-state index is 5.42. The van der Waals surface area contributed by atoms with E-state index >= 15 is 0 Å². The summed E-state index contributed by atoms with van der Waals surface area (Å²) in [6, 6.07) is 0.164. The smallest absolute Gasteiger partial charge is 0.0618 e. The van der Waals surface area contributed by atoms with Crippen LogP contribution in [0.3, 0.4) is 0 Å². The largest absolute Gasteiger partial charge is 0.377 e. The van der Waals surface area contributed by atoms with Crippen LogP contribution in [0, 0.1) is 0 Å². The summed E-state index contributed by atoms with van der Waals surface area (Å²) in [5.74, 6) is 0. The molecule has 0 aromatic heterocycles. The highest BCUT2D eigenvalue weighted by Crippen LogP contribution is 1.87. The van der Waals surface area contributed by atoms with Gasteiger partial charge in [-0.3, -0.25) is 0 Å². The average molecular weight is 177 g/mol. The van der Waals surface area contributed by atoms with Gasteiger partial charge < -0.3 is 10.5 Å². The Hall–Kier alpha value is -0.0800. The average Bonchev–Trinajstić information content (AvgIpc) is 2.08. The third-order valence-corrected chi connectivity index (χ3v) is 0.692. The molecule has 0 heterocycles. The lowest BCUT2D eigenvalue weighted by molar-refractivity contribution is 0.0712. The number of hydrogen-bond donors (Lipinski definition) is 1. The molecule has 2 heteroatoms. The monoisotopic (exact) mass is 177 g/mol. The molecule has 0 fully saturated rings. The molecule has 0 bridgehead atoms. The Labute approximate surface area is 78.5 Å². The summed E-state index contributed by atoms with van der Waals surface area (Å²) in [5.41, 5.74) is 5.42. The summed E-state index contributed by atoms with van der Waals surface area (Å²) in [6.45, 7) is 14.6. The fourth-order valence-corrected chi connectivity index (χ4v) is 0.344. The maximum atomic E-state index is 5.42. The van der Waals surface area contributed by atoms with E-state index in [2.05, 4.69) is 0 Å². The van der Waals surface area contributed by atoms with Crippen molar-refractivity contribution in [3.63, 3.8) is 0 Å². The topological polar surface area (TPSA) is 35.2 Å². The van der Waals surface area contributed by atoms with Gasteiger partial charge in [0.15, 0.2) is 0 Å². The molecule has 0 spiro atoms. The lowest BCUT2D eigenvalue weighted by Crippen LogP contribution is -2.23. The molecular formula is C10H27NO. The second kappa shape index (κ2) is 17.1. The number of ether oxygens (including phenoxy) is 1. The molecule has 0 radical (unpaired) electrons. The maximum Gasteiger partial charge on any atom is 0.0618 e. The zero-order valence-electron chi connectivity index (χ0n) is 9.85. The minimum absolute atomic E-state index is 0.164. The number of nitrogens with two attached hydrogens (primary N) is 1. The molecule has 0 aromatic carbocycles. The first kappa shape index (κ1) is 17.9. The van der Waals surface area contributed by atoms with Gasteiger partial charge in [-0.05, 0) is 20.8 Å². The van der Waals surface area contributed by atoms with E-state index in [9.17, 15) is 0 Å². The first-order valence-electron chi connectivity index (χ1n) is 5.00. The molecule has 0 saturated heterocycles. The van der Waals surface area contributed by atoms with E-state index in [-0.39, 0.29) is 6.04 Å². The summed E-state index contributed by atoms with van der Waals surface area (Å²) in [5, 5.41) is 0. The van der Waals surface area contributed by atoms with Gasteiger partial charge in [-0.15, -0.1) is 0 Å². The van der Waals surface area contributed by atoms with Crippen molar-refractivity contribution in [2.45, 2.75) is 60.6 Å². The van der Waals surface area contributed by atoms with E-state index in [0.717, 1.165) is 0 Å². The first-order valence-corrected chi connectivity index (χ1v) is 5.00. The van der Waals surface area contributed by atoms with E-state index in [1.54, 1.807) is 0 Å². The third kappa shape index (κ3) is 32.6. The predicted octanol–water partition coefficient (Wildman–Crippen LogP) is 2.81. The minimum Gasteiger partial charge on any atom is -0.377 e. The quantitative estimate of drug-likeness (QED) is 0.719. The molecule has 1 unspecified atom stereocenters. The van der Waals surface area contributed by atoms with Gasteiger partial charge in [-0.2, -0.15) is 0 Å². The Morgan fingerprint density at radius 2 is 1.33 bits per heavy atom. The highest BCUT2D eigenvalue weighted by molar-refractivity contribution is 4.49. The van der Waals surface area contributed by atoms with Crippen LogP contribution in [0.1, 0.15) is 48.5 Å². The molecule has 78 valence electrons. The molecule has 0 amide bonds. The van der Waals surface area contributed by atoms with Gasteiger partial charge in [0.05, 0.1) is 12.7 Å². The summed E-state index contributed by atoms with van der Waals surface area (Å²) < 4.78 is 5.18. The van der Waals surface area contributed by atoms with E-state index < -0.39 is 0 Å². The molecule has 0 rings (SSSR count). The fraction of sp³-hybridized carbons (Fsp3) is 1.00. The highest BCUT2D eigenvalue weighted by Gasteiger charge is 1.94. The summed E-state index contributed by atoms with van der Waals surface area (Å²) >= 11 is 0. The van der Waals surface area contributed by atoms with Gasteiger partial charge in [0.25, 0.3) is 0 Å². The molecule has 0 aliphatic heterocycles. The minimum atomic E-state index is 0.164. The van der Waals surface area contributed by atoms with Crippen LogP contribution >= 0.6 is 0 Å². The van der Waals surface area contributed by atoms with Gasteiger partial charge in [-0.1, -0.05) is 27.7 Å². The molecule has 0 saturated carbocycles. The molecule has 0 aliphatic rings.